The zero-order valence-corrected chi connectivity index (χ0v) is 12.7. The van der Waals surface area contributed by atoms with Gasteiger partial charge in [-0.2, -0.15) is 0 Å². The molecule has 0 atom stereocenters. The first kappa shape index (κ1) is 16.3. The summed E-state index contributed by atoms with van der Waals surface area (Å²) in [5, 5.41) is 3.22. The average Bonchev–Trinajstić information content (AvgIpc) is 2.40. The molecule has 5 nitrogen and oxygen atoms in total. The second kappa shape index (κ2) is 7.75. The van der Waals surface area contributed by atoms with Crippen molar-refractivity contribution in [3.05, 3.63) is 23.3 Å². The number of esters is 1. The highest BCUT2D eigenvalue weighted by Crippen LogP contribution is 2.23. The lowest BCUT2D eigenvalue weighted by atomic mass is 10.1. The molecule has 0 amide bonds. The molecule has 0 saturated heterocycles. The number of nitrogens with one attached hydrogen (secondary N) is 1. The minimum atomic E-state index is -0.426. The summed E-state index contributed by atoms with van der Waals surface area (Å²) in [6.45, 7) is 8.13. The molecule has 0 aliphatic rings. The number of hydrogen-bond acceptors (Lipinski definition) is 5. The van der Waals surface area contributed by atoms with E-state index < -0.39 is 5.97 Å². The van der Waals surface area contributed by atoms with Gasteiger partial charge >= 0.3 is 5.97 Å². The molecule has 1 aromatic carbocycles. The quantitative estimate of drug-likeness (QED) is 0.456. The van der Waals surface area contributed by atoms with Crippen LogP contribution in [0.2, 0.25) is 0 Å². The van der Waals surface area contributed by atoms with E-state index in [1.165, 1.54) is 7.11 Å². The van der Waals surface area contributed by atoms with Gasteiger partial charge in [0.15, 0.2) is 0 Å². The van der Waals surface area contributed by atoms with Crippen molar-refractivity contribution in [3.8, 4) is 0 Å². The first-order valence-electron chi connectivity index (χ1n) is 6.75. The molecule has 5 heteroatoms. The Morgan fingerprint density at radius 3 is 2.70 bits per heavy atom. The SMILES string of the molecule is COC(=O)c1cc(NCCOCC(C)C)cc(C)c1N. The fraction of sp³-hybridized carbons (Fsp3) is 0.533. The average molecular weight is 280 g/mol. The molecule has 0 unspecified atom stereocenters. The number of carbonyl (C=O) groups is 1. The van der Waals surface area contributed by atoms with Crippen molar-refractivity contribution in [2.24, 2.45) is 5.92 Å². The zero-order valence-electron chi connectivity index (χ0n) is 12.7. The summed E-state index contributed by atoms with van der Waals surface area (Å²) < 4.78 is 10.2. The van der Waals surface area contributed by atoms with Crippen LogP contribution in [0.25, 0.3) is 0 Å². The van der Waals surface area contributed by atoms with Gasteiger partial charge in [-0.05, 0) is 30.5 Å². The number of nitrogens with two attached hydrogens (primary N) is 1. The molecule has 0 aliphatic carbocycles. The highest BCUT2D eigenvalue weighted by atomic mass is 16.5. The summed E-state index contributed by atoms with van der Waals surface area (Å²) in [4.78, 5) is 11.6. The van der Waals surface area contributed by atoms with Gasteiger partial charge < -0.3 is 20.5 Å². The van der Waals surface area contributed by atoms with Crippen LogP contribution < -0.4 is 11.1 Å². The number of ether oxygens (including phenoxy) is 2. The molecule has 112 valence electrons. The third-order valence-electron chi connectivity index (χ3n) is 2.82. The highest BCUT2D eigenvalue weighted by Gasteiger charge is 2.13. The number of rotatable bonds is 7. The van der Waals surface area contributed by atoms with Crippen molar-refractivity contribution in [2.75, 3.05) is 37.9 Å². The molecular formula is C15H24N2O3. The largest absolute Gasteiger partial charge is 0.465 e. The predicted octanol–water partition coefficient (Wildman–Crippen LogP) is 2.45. The lowest BCUT2D eigenvalue weighted by Gasteiger charge is -2.13. The third kappa shape index (κ3) is 4.74. The number of aryl methyl sites for hydroxylation is 1. The maximum absolute atomic E-state index is 11.6. The fourth-order valence-electron chi connectivity index (χ4n) is 1.77. The Balaban J connectivity index is 2.62. The van der Waals surface area contributed by atoms with Crippen molar-refractivity contribution in [2.45, 2.75) is 20.8 Å². The van der Waals surface area contributed by atoms with Gasteiger partial charge in [0.1, 0.15) is 0 Å². The van der Waals surface area contributed by atoms with Gasteiger partial charge in [-0.15, -0.1) is 0 Å². The molecule has 1 aromatic rings. The molecule has 0 radical (unpaired) electrons. The lowest BCUT2D eigenvalue weighted by molar-refractivity contribution is 0.0602. The molecule has 0 aromatic heterocycles. The summed E-state index contributed by atoms with van der Waals surface area (Å²) in [7, 11) is 1.34. The van der Waals surface area contributed by atoms with Crippen LogP contribution in [-0.4, -0.2) is 32.8 Å². The molecular weight excluding hydrogens is 256 g/mol. The fourth-order valence-corrected chi connectivity index (χ4v) is 1.77. The standard InChI is InChI=1S/C15H24N2O3/c1-10(2)9-20-6-5-17-12-7-11(3)14(16)13(8-12)15(18)19-4/h7-8,10,17H,5-6,9,16H2,1-4H3. The molecule has 0 fully saturated rings. The van der Waals surface area contributed by atoms with Crippen LogP contribution in [0.5, 0.6) is 0 Å². The number of carbonyl (C=O) groups excluding carboxylic acids is 1. The maximum atomic E-state index is 11.6. The summed E-state index contributed by atoms with van der Waals surface area (Å²) in [5.41, 5.74) is 8.41. The number of hydrogen-bond donors (Lipinski definition) is 2. The maximum Gasteiger partial charge on any atom is 0.340 e. The molecule has 0 aliphatic heterocycles. The van der Waals surface area contributed by atoms with E-state index in [-0.39, 0.29) is 0 Å². The van der Waals surface area contributed by atoms with E-state index in [0.29, 0.717) is 30.3 Å². The van der Waals surface area contributed by atoms with Gasteiger partial charge in [0.05, 0.1) is 19.3 Å². The van der Waals surface area contributed by atoms with Gasteiger partial charge in [0, 0.05) is 24.5 Å². The number of nitrogen functional groups attached to an aromatic ring is 1. The van der Waals surface area contributed by atoms with Gasteiger partial charge in [0.25, 0.3) is 0 Å². The highest BCUT2D eigenvalue weighted by molar-refractivity contribution is 5.97. The molecule has 0 saturated carbocycles. The Kier molecular flexibility index (Phi) is 6.31. The van der Waals surface area contributed by atoms with E-state index in [1.807, 2.05) is 13.0 Å². The van der Waals surface area contributed by atoms with Crippen LogP contribution in [0.15, 0.2) is 12.1 Å². The topological polar surface area (TPSA) is 73.6 Å². The number of benzene rings is 1. The molecule has 0 spiro atoms. The molecule has 3 N–H and O–H groups in total. The minimum absolute atomic E-state index is 0.387. The van der Waals surface area contributed by atoms with Gasteiger partial charge in [0.2, 0.25) is 0 Å². The lowest BCUT2D eigenvalue weighted by Crippen LogP contribution is -2.13. The van der Waals surface area contributed by atoms with Crippen LogP contribution >= 0.6 is 0 Å². The van der Waals surface area contributed by atoms with E-state index >= 15 is 0 Å². The Bertz CT molecular complexity index is 459. The monoisotopic (exact) mass is 280 g/mol. The van der Waals surface area contributed by atoms with E-state index in [0.717, 1.165) is 17.9 Å². The Labute approximate surface area is 120 Å². The molecule has 20 heavy (non-hydrogen) atoms. The zero-order chi connectivity index (χ0) is 15.1. The van der Waals surface area contributed by atoms with Crippen LogP contribution in [0.4, 0.5) is 11.4 Å². The van der Waals surface area contributed by atoms with E-state index in [1.54, 1.807) is 6.07 Å². The van der Waals surface area contributed by atoms with Crippen molar-refractivity contribution in [1.82, 2.24) is 0 Å². The summed E-state index contributed by atoms with van der Waals surface area (Å²) in [5.74, 6) is 0.102. The van der Waals surface area contributed by atoms with Gasteiger partial charge in [-0.25, -0.2) is 4.79 Å². The Hall–Kier alpha value is -1.75. The summed E-state index contributed by atoms with van der Waals surface area (Å²) in [6.07, 6.45) is 0. The Morgan fingerprint density at radius 1 is 1.40 bits per heavy atom. The van der Waals surface area contributed by atoms with Crippen LogP contribution in [0.3, 0.4) is 0 Å². The molecule has 1 rings (SSSR count). The van der Waals surface area contributed by atoms with Crippen LogP contribution in [-0.2, 0) is 9.47 Å². The van der Waals surface area contributed by atoms with Crippen molar-refractivity contribution >= 4 is 17.3 Å². The summed E-state index contributed by atoms with van der Waals surface area (Å²) >= 11 is 0. The predicted molar refractivity (Wildman–Crippen MR) is 81.1 cm³/mol. The first-order chi connectivity index (χ1) is 9.45. The molecule has 0 bridgehead atoms. The Morgan fingerprint density at radius 2 is 2.10 bits per heavy atom. The van der Waals surface area contributed by atoms with E-state index in [9.17, 15) is 4.79 Å². The van der Waals surface area contributed by atoms with E-state index in [2.05, 4.69) is 19.2 Å². The number of methoxy groups -OCH3 is 1. The molecule has 0 heterocycles. The third-order valence-corrected chi connectivity index (χ3v) is 2.82. The second-order valence-electron chi connectivity index (χ2n) is 5.14. The van der Waals surface area contributed by atoms with E-state index in [4.69, 9.17) is 15.2 Å². The minimum Gasteiger partial charge on any atom is -0.465 e. The van der Waals surface area contributed by atoms with Gasteiger partial charge in [-0.1, -0.05) is 13.8 Å². The second-order valence-corrected chi connectivity index (χ2v) is 5.14. The van der Waals surface area contributed by atoms with Crippen LogP contribution in [0.1, 0.15) is 29.8 Å². The van der Waals surface area contributed by atoms with Crippen molar-refractivity contribution in [3.63, 3.8) is 0 Å². The van der Waals surface area contributed by atoms with Gasteiger partial charge in [-0.3, -0.25) is 0 Å². The summed E-state index contributed by atoms with van der Waals surface area (Å²) in [6, 6.07) is 3.61. The van der Waals surface area contributed by atoms with Crippen molar-refractivity contribution < 1.29 is 14.3 Å². The van der Waals surface area contributed by atoms with Crippen LogP contribution in [0, 0.1) is 12.8 Å². The van der Waals surface area contributed by atoms with Crippen molar-refractivity contribution in [1.29, 1.82) is 0 Å². The number of anilines is 2. The first-order valence-corrected chi connectivity index (χ1v) is 6.75. The normalized spacial score (nSPS) is 10.7. The smallest absolute Gasteiger partial charge is 0.340 e.